The van der Waals surface area contributed by atoms with Crippen molar-refractivity contribution in [2.75, 3.05) is 5.73 Å². The first-order chi connectivity index (χ1) is 6.68. The first-order valence-electron chi connectivity index (χ1n) is 3.68. The van der Waals surface area contributed by atoms with E-state index in [0.29, 0.717) is 0 Å². The molecule has 4 N–H and O–H groups in total. The van der Waals surface area contributed by atoms with Gasteiger partial charge in [-0.05, 0) is 6.07 Å². The van der Waals surface area contributed by atoms with E-state index in [9.17, 15) is 4.79 Å². The van der Waals surface area contributed by atoms with E-state index >= 15 is 0 Å². The summed E-state index contributed by atoms with van der Waals surface area (Å²) in [5.74, 6) is -0.711. The molecule has 0 saturated carbocycles. The molecule has 2 rings (SSSR count). The smallest absolute Gasteiger partial charge is 0.358 e. The number of rotatable bonds is 2. The van der Waals surface area contributed by atoms with Gasteiger partial charge in [0.15, 0.2) is 17.3 Å². The van der Waals surface area contributed by atoms with E-state index in [1.165, 1.54) is 12.1 Å². The minimum Gasteiger partial charge on any atom is -0.476 e. The number of hydrogen-bond acceptors (Lipinski definition) is 5. The quantitative estimate of drug-likeness (QED) is 0.634. The van der Waals surface area contributed by atoms with Gasteiger partial charge in [0.2, 0.25) is 5.69 Å². The first-order valence-corrected chi connectivity index (χ1v) is 3.68. The monoisotopic (exact) mass is 194 g/mol. The van der Waals surface area contributed by atoms with Gasteiger partial charge in [0.25, 0.3) is 0 Å². The molecule has 2 aromatic heterocycles. The van der Waals surface area contributed by atoms with Crippen molar-refractivity contribution in [1.29, 1.82) is 0 Å². The van der Waals surface area contributed by atoms with Crippen molar-refractivity contribution in [3.63, 3.8) is 0 Å². The third-order valence-corrected chi connectivity index (χ3v) is 1.61. The SMILES string of the molecule is Nc1ccc(-c2n[nH]nc2C(=O)O)o1. The maximum atomic E-state index is 10.7. The molecule has 0 aliphatic heterocycles. The Morgan fingerprint density at radius 3 is 2.86 bits per heavy atom. The second-order valence-electron chi connectivity index (χ2n) is 2.53. The maximum absolute atomic E-state index is 10.7. The average molecular weight is 194 g/mol. The number of nitrogens with zero attached hydrogens (tertiary/aromatic N) is 2. The maximum Gasteiger partial charge on any atom is 0.358 e. The van der Waals surface area contributed by atoms with Crippen LogP contribution < -0.4 is 5.73 Å². The van der Waals surface area contributed by atoms with E-state index in [1.54, 1.807) is 0 Å². The zero-order valence-corrected chi connectivity index (χ0v) is 6.89. The van der Waals surface area contributed by atoms with Crippen molar-refractivity contribution in [2.24, 2.45) is 0 Å². The normalized spacial score (nSPS) is 10.3. The Balaban J connectivity index is 2.51. The molecule has 2 heterocycles. The Labute approximate surface area is 77.5 Å². The molecule has 0 atom stereocenters. The van der Waals surface area contributed by atoms with Gasteiger partial charge in [0, 0.05) is 6.07 Å². The van der Waals surface area contributed by atoms with Crippen LogP contribution in [-0.4, -0.2) is 26.5 Å². The summed E-state index contributed by atoms with van der Waals surface area (Å²) in [6.45, 7) is 0. The summed E-state index contributed by atoms with van der Waals surface area (Å²) in [7, 11) is 0. The number of nitrogen functional groups attached to an aromatic ring is 1. The summed E-state index contributed by atoms with van der Waals surface area (Å²) in [5.41, 5.74) is 5.28. The number of aromatic nitrogens is 3. The summed E-state index contributed by atoms with van der Waals surface area (Å²) in [4.78, 5) is 10.7. The summed E-state index contributed by atoms with van der Waals surface area (Å²) in [5, 5.41) is 18.1. The predicted molar refractivity (Wildman–Crippen MR) is 45.5 cm³/mol. The fourth-order valence-corrected chi connectivity index (χ4v) is 1.03. The van der Waals surface area contributed by atoms with Crippen LogP contribution in [0.5, 0.6) is 0 Å². The molecule has 0 unspecified atom stereocenters. The molecule has 72 valence electrons. The van der Waals surface area contributed by atoms with Crippen LogP contribution in [0.2, 0.25) is 0 Å². The molecule has 0 amide bonds. The van der Waals surface area contributed by atoms with E-state index in [-0.39, 0.29) is 23.0 Å². The summed E-state index contributed by atoms with van der Waals surface area (Å²) >= 11 is 0. The fraction of sp³-hybridized carbons (Fsp3) is 0. The number of aromatic amines is 1. The number of nitrogens with two attached hydrogens (primary N) is 1. The molecule has 0 aromatic carbocycles. The molecular formula is C7H6N4O3. The molecule has 0 fully saturated rings. The minimum atomic E-state index is -1.18. The molecular weight excluding hydrogens is 188 g/mol. The zero-order valence-electron chi connectivity index (χ0n) is 6.89. The van der Waals surface area contributed by atoms with Gasteiger partial charge < -0.3 is 15.3 Å². The largest absolute Gasteiger partial charge is 0.476 e. The van der Waals surface area contributed by atoms with E-state index in [0.717, 1.165) is 0 Å². The summed E-state index contributed by atoms with van der Waals surface area (Å²) in [6.07, 6.45) is 0. The first kappa shape index (κ1) is 8.30. The van der Waals surface area contributed by atoms with Gasteiger partial charge in [0.05, 0.1) is 0 Å². The van der Waals surface area contributed by atoms with E-state index < -0.39 is 5.97 Å². The van der Waals surface area contributed by atoms with Gasteiger partial charge in [-0.25, -0.2) is 4.79 Å². The van der Waals surface area contributed by atoms with Gasteiger partial charge >= 0.3 is 5.97 Å². The van der Waals surface area contributed by atoms with Gasteiger partial charge in [-0.15, -0.1) is 5.10 Å². The Kier molecular flexibility index (Phi) is 1.70. The van der Waals surface area contributed by atoms with Gasteiger partial charge in [-0.1, -0.05) is 0 Å². The van der Waals surface area contributed by atoms with Crippen molar-refractivity contribution >= 4 is 11.9 Å². The standard InChI is InChI=1S/C7H6N4O3/c8-4-2-1-3(14-4)5-6(7(12)13)10-11-9-5/h1-2H,8H2,(H,12,13)(H,9,10,11). The van der Waals surface area contributed by atoms with Crippen LogP contribution in [0.4, 0.5) is 5.88 Å². The third-order valence-electron chi connectivity index (χ3n) is 1.61. The highest BCUT2D eigenvalue weighted by atomic mass is 16.4. The molecule has 0 saturated heterocycles. The Morgan fingerprint density at radius 1 is 1.50 bits per heavy atom. The molecule has 0 bridgehead atoms. The molecule has 0 aliphatic rings. The second kappa shape index (κ2) is 2.87. The molecule has 2 aromatic rings. The summed E-state index contributed by atoms with van der Waals surface area (Å²) < 4.78 is 5.01. The lowest BCUT2D eigenvalue weighted by atomic mass is 10.2. The van der Waals surface area contributed by atoms with Crippen molar-refractivity contribution in [3.8, 4) is 11.5 Å². The van der Waals surface area contributed by atoms with Gasteiger partial charge in [-0.3, -0.25) is 0 Å². The van der Waals surface area contributed by atoms with Gasteiger partial charge in [0.1, 0.15) is 0 Å². The lowest BCUT2D eigenvalue weighted by Gasteiger charge is -1.90. The number of anilines is 1. The van der Waals surface area contributed by atoms with Crippen LogP contribution in [0.25, 0.3) is 11.5 Å². The number of carboxylic acid groups (broad SMARTS) is 1. The van der Waals surface area contributed by atoms with Crippen LogP contribution in [-0.2, 0) is 0 Å². The molecule has 7 heteroatoms. The zero-order chi connectivity index (χ0) is 10.1. The number of nitrogens with one attached hydrogen (secondary N) is 1. The number of hydrogen-bond donors (Lipinski definition) is 3. The van der Waals surface area contributed by atoms with Crippen LogP contribution >= 0.6 is 0 Å². The van der Waals surface area contributed by atoms with E-state index in [4.69, 9.17) is 15.3 Å². The lowest BCUT2D eigenvalue weighted by molar-refractivity contribution is 0.0691. The average Bonchev–Trinajstić information content (AvgIpc) is 2.70. The second-order valence-corrected chi connectivity index (χ2v) is 2.53. The van der Waals surface area contributed by atoms with Crippen molar-refractivity contribution in [1.82, 2.24) is 15.4 Å². The highest BCUT2D eigenvalue weighted by molar-refractivity contribution is 5.91. The Bertz CT molecular complexity index is 473. The summed E-state index contributed by atoms with van der Waals surface area (Å²) in [6, 6.07) is 3.04. The number of furan rings is 1. The number of carboxylic acids is 1. The third kappa shape index (κ3) is 1.20. The van der Waals surface area contributed by atoms with Gasteiger partial charge in [-0.2, -0.15) is 10.3 Å². The molecule has 7 nitrogen and oxygen atoms in total. The number of H-pyrrole nitrogens is 1. The fourth-order valence-electron chi connectivity index (χ4n) is 1.03. The molecule has 0 spiro atoms. The molecule has 0 radical (unpaired) electrons. The number of carbonyl (C=O) groups is 1. The van der Waals surface area contributed by atoms with Crippen molar-refractivity contribution in [3.05, 3.63) is 17.8 Å². The lowest BCUT2D eigenvalue weighted by Crippen LogP contribution is -1.98. The van der Waals surface area contributed by atoms with Crippen LogP contribution in [0.1, 0.15) is 10.5 Å². The topological polar surface area (TPSA) is 118 Å². The van der Waals surface area contributed by atoms with E-state index in [1.807, 2.05) is 0 Å². The Morgan fingerprint density at radius 2 is 2.29 bits per heavy atom. The Hall–Kier alpha value is -2.31. The van der Waals surface area contributed by atoms with E-state index in [2.05, 4.69) is 15.4 Å². The predicted octanol–water partition coefficient (Wildman–Crippen LogP) is 0.345. The van der Waals surface area contributed by atoms with Crippen LogP contribution in [0.3, 0.4) is 0 Å². The number of aromatic carboxylic acids is 1. The van der Waals surface area contributed by atoms with Crippen molar-refractivity contribution < 1.29 is 14.3 Å². The minimum absolute atomic E-state index is 0.134. The molecule has 0 aliphatic carbocycles. The highest BCUT2D eigenvalue weighted by Gasteiger charge is 2.19. The molecule has 14 heavy (non-hydrogen) atoms. The van der Waals surface area contributed by atoms with Crippen LogP contribution in [0, 0.1) is 0 Å². The van der Waals surface area contributed by atoms with Crippen LogP contribution in [0.15, 0.2) is 16.5 Å². The highest BCUT2D eigenvalue weighted by Crippen LogP contribution is 2.23. The van der Waals surface area contributed by atoms with Crippen molar-refractivity contribution in [2.45, 2.75) is 0 Å².